The van der Waals surface area contributed by atoms with Gasteiger partial charge < -0.3 is 4.74 Å². The molecule has 1 saturated heterocycles. The molecule has 0 saturated carbocycles. The molecular formula is C12H12O2. The van der Waals surface area contributed by atoms with E-state index in [0.717, 1.165) is 5.56 Å². The lowest BCUT2D eigenvalue weighted by molar-refractivity contribution is -0.118. The molecule has 2 nitrogen and oxygen atoms in total. The molecule has 0 unspecified atom stereocenters. The van der Waals surface area contributed by atoms with Crippen molar-refractivity contribution in [2.45, 2.75) is 12.5 Å². The van der Waals surface area contributed by atoms with Crippen molar-refractivity contribution in [1.29, 1.82) is 0 Å². The highest BCUT2D eigenvalue weighted by molar-refractivity contribution is 6.01. The van der Waals surface area contributed by atoms with Gasteiger partial charge in [-0.1, -0.05) is 36.4 Å². The van der Waals surface area contributed by atoms with Crippen LogP contribution in [0.2, 0.25) is 0 Å². The van der Waals surface area contributed by atoms with Gasteiger partial charge in [0, 0.05) is 0 Å². The number of epoxide rings is 1. The number of hydrogen-bond donors (Lipinski definition) is 0. The smallest absolute Gasteiger partial charge is 0.189 e. The monoisotopic (exact) mass is 188 g/mol. The highest BCUT2D eigenvalue weighted by Gasteiger charge is 2.45. The van der Waals surface area contributed by atoms with Crippen molar-refractivity contribution in [3.63, 3.8) is 0 Å². The summed E-state index contributed by atoms with van der Waals surface area (Å²) in [6, 6.07) is 9.75. The number of ketones is 1. The molecule has 1 heterocycles. The molecule has 1 aliphatic heterocycles. The van der Waals surface area contributed by atoms with Gasteiger partial charge in [-0.05, 0) is 18.6 Å². The van der Waals surface area contributed by atoms with E-state index in [1.165, 1.54) is 0 Å². The maximum absolute atomic E-state index is 11.5. The molecule has 0 spiro atoms. The van der Waals surface area contributed by atoms with Crippen molar-refractivity contribution in [3.8, 4) is 0 Å². The average Bonchev–Trinajstić information content (AvgIpc) is 2.96. The Bertz CT molecular complexity index is 361. The van der Waals surface area contributed by atoms with Gasteiger partial charge in [0.25, 0.3) is 0 Å². The summed E-state index contributed by atoms with van der Waals surface area (Å²) < 4.78 is 5.05. The third-order valence-corrected chi connectivity index (χ3v) is 2.33. The molecule has 0 radical (unpaired) electrons. The second kappa shape index (κ2) is 3.39. The van der Waals surface area contributed by atoms with Crippen LogP contribution in [0.3, 0.4) is 0 Å². The molecular weight excluding hydrogens is 176 g/mol. The zero-order chi connectivity index (χ0) is 10.0. The summed E-state index contributed by atoms with van der Waals surface area (Å²) in [6.07, 6.45) is 3.40. The summed E-state index contributed by atoms with van der Waals surface area (Å²) >= 11 is 0. The molecule has 1 aromatic rings. The van der Waals surface area contributed by atoms with Crippen molar-refractivity contribution in [2.24, 2.45) is 0 Å². The summed E-state index contributed by atoms with van der Waals surface area (Å²) in [4.78, 5) is 11.5. The second-order valence-electron chi connectivity index (χ2n) is 3.63. The van der Waals surface area contributed by atoms with Crippen LogP contribution < -0.4 is 0 Å². The molecule has 0 aliphatic carbocycles. The average molecular weight is 188 g/mol. The first-order valence-corrected chi connectivity index (χ1v) is 4.62. The lowest BCUT2D eigenvalue weighted by Crippen LogP contribution is -2.17. The number of hydrogen-bond acceptors (Lipinski definition) is 2. The first-order chi connectivity index (χ1) is 6.71. The van der Waals surface area contributed by atoms with Crippen molar-refractivity contribution in [3.05, 3.63) is 42.0 Å². The first kappa shape index (κ1) is 9.16. The van der Waals surface area contributed by atoms with Crippen LogP contribution in [-0.2, 0) is 9.53 Å². The number of ether oxygens (including phenoxy) is 1. The van der Waals surface area contributed by atoms with E-state index in [2.05, 4.69) is 0 Å². The number of carbonyl (C=O) groups excluding carboxylic acids is 1. The molecule has 14 heavy (non-hydrogen) atoms. The minimum Gasteiger partial charge on any atom is -0.361 e. The molecule has 2 heteroatoms. The van der Waals surface area contributed by atoms with Gasteiger partial charge in [0.05, 0.1) is 6.61 Å². The van der Waals surface area contributed by atoms with Gasteiger partial charge in [0.1, 0.15) is 0 Å². The van der Waals surface area contributed by atoms with E-state index in [1.807, 2.05) is 43.3 Å². The Hall–Kier alpha value is -1.41. The zero-order valence-electron chi connectivity index (χ0n) is 8.07. The lowest BCUT2D eigenvalue weighted by atomic mass is 10.1. The highest BCUT2D eigenvalue weighted by Crippen LogP contribution is 2.27. The van der Waals surface area contributed by atoms with E-state index in [0.29, 0.717) is 6.61 Å². The predicted molar refractivity (Wildman–Crippen MR) is 54.8 cm³/mol. The van der Waals surface area contributed by atoms with Gasteiger partial charge in [0.15, 0.2) is 11.4 Å². The van der Waals surface area contributed by atoms with E-state index in [-0.39, 0.29) is 5.78 Å². The quantitative estimate of drug-likeness (QED) is 0.536. The van der Waals surface area contributed by atoms with Gasteiger partial charge in [-0.3, -0.25) is 4.79 Å². The fraction of sp³-hybridized carbons (Fsp3) is 0.250. The van der Waals surface area contributed by atoms with Crippen LogP contribution in [-0.4, -0.2) is 18.0 Å². The third kappa shape index (κ3) is 1.91. The van der Waals surface area contributed by atoms with E-state index >= 15 is 0 Å². The minimum atomic E-state index is -0.536. The standard InChI is InChI=1S/C12H12O2/c1-12(9-14-12)11(13)8-7-10-5-3-2-4-6-10/h2-8H,9H2,1H3/t12-/m0/s1. The van der Waals surface area contributed by atoms with Gasteiger partial charge in [0.2, 0.25) is 0 Å². The molecule has 0 N–H and O–H groups in total. The third-order valence-electron chi connectivity index (χ3n) is 2.33. The van der Waals surface area contributed by atoms with E-state index < -0.39 is 5.60 Å². The topological polar surface area (TPSA) is 29.6 Å². The minimum absolute atomic E-state index is 0.0429. The van der Waals surface area contributed by atoms with Crippen LogP contribution in [0, 0.1) is 0 Å². The van der Waals surface area contributed by atoms with Crippen molar-refractivity contribution < 1.29 is 9.53 Å². The molecule has 1 aliphatic rings. The number of carbonyl (C=O) groups is 1. The summed E-state index contributed by atoms with van der Waals surface area (Å²) in [6.45, 7) is 2.36. The fourth-order valence-electron chi connectivity index (χ4n) is 1.16. The van der Waals surface area contributed by atoms with Gasteiger partial charge in [-0.25, -0.2) is 0 Å². The van der Waals surface area contributed by atoms with Gasteiger partial charge in [-0.2, -0.15) is 0 Å². The van der Waals surface area contributed by atoms with Crippen molar-refractivity contribution >= 4 is 11.9 Å². The molecule has 1 fully saturated rings. The molecule has 2 rings (SSSR count). The molecule has 1 aromatic carbocycles. The van der Waals surface area contributed by atoms with Crippen LogP contribution in [0.1, 0.15) is 12.5 Å². The highest BCUT2D eigenvalue weighted by atomic mass is 16.6. The maximum atomic E-state index is 11.5. The molecule has 0 amide bonds. The van der Waals surface area contributed by atoms with Crippen molar-refractivity contribution in [1.82, 2.24) is 0 Å². The normalized spacial score (nSPS) is 25.2. The molecule has 0 aromatic heterocycles. The molecule has 1 atom stereocenters. The van der Waals surface area contributed by atoms with Gasteiger partial charge >= 0.3 is 0 Å². The summed E-state index contributed by atoms with van der Waals surface area (Å²) in [7, 11) is 0. The molecule has 72 valence electrons. The Morgan fingerprint density at radius 2 is 2.07 bits per heavy atom. The Morgan fingerprint density at radius 3 is 2.64 bits per heavy atom. The SMILES string of the molecule is C[C@@]1(C(=O)C=Cc2ccccc2)CO1. The van der Waals surface area contributed by atoms with E-state index in [4.69, 9.17) is 4.74 Å². The number of benzene rings is 1. The second-order valence-corrected chi connectivity index (χ2v) is 3.63. The lowest BCUT2D eigenvalue weighted by Gasteiger charge is -1.97. The fourth-order valence-corrected chi connectivity index (χ4v) is 1.16. The number of rotatable bonds is 3. The zero-order valence-corrected chi connectivity index (χ0v) is 8.07. The predicted octanol–water partition coefficient (Wildman–Crippen LogP) is 2.06. The van der Waals surface area contributed by atoms with Crippen LogP contribution in [0.4, 0.5) is 0 Å². The Kier molecular flexibility index (Phi) is 2.22. The maximum Gasteiger partial charge on any atom is 0.189 e. The Labute approximate surface area is 83.2 Å². The van der Waals surface area contributed by atoms with Crippen LogP contribution in [0.15, 0.2) is 36.4 Å². The van der Waals surface area contributed by atoms with Gasteiger partial charge in [-0.15, -0.1) is 0 Å². The van der Waals surface area contributed by atoms with Crippen LogP contribution >= 0.6 is 0 Å². The van der Waals surface area contributed by atoms with Crippen molar-refractivity contribution in [2.75, 3.05) is 6.61 Å². The van der Waals surface area contributed by atoms with E-state index in [1.54, 1.807) is 6.08 Å². The largest absolute Gasteiger partial charge is 0.361 e. The first-order valence-electron chi connectivity index (χ1n) is 4.62. The summed E-state index contributed by atoms with van der Waals surface area (Å²) in [5.74, 6) is 0.0429. The summed E-state index contributed by atoms with van der Waals surface area (Å²) in [5.41, 5.74) is 0.496. The van der Waals surface area contributed by atoms with Crippen LogP contribution in [0.5, 0.6) is 0 Å². The molecule has 0 bridgehead atoms. The Morgan fingerprint density at radius 1 is 1.43 bits per heavy atom. The Balaban J connectivity index is 2.04. The van der Waals surface area contributed by atoms with E-state index in [9.17, 15) is 4.79 Å². The van der Waals surface area contributed by atoms with Crippen LogP contribution in [0.25, 0.3) is 6.08 Å². The summed E-state index contributed by atoms with van der Waals surface area (Å²) in [5, 5.41) is 0.